The Balaban J connectivity index is 2.00. The zero-order chi connectivity index (χ0) is 16.6. The third-order valence-corrected chi connectivity index (χ3v) is 4.80. The number of benzene rings is 1. The summed E-state index contributed by atoms with van der Waals surface area (Å²) in [6.07, 6.45) is 1.93. The SMILES string of the molecule is N[C@@H](Cc1cc(F)cc(F)c1)c1nc(Br)c2cccnc2c1Br. The minimum absolute atomic E-state index is 0.255. The number of nitrogens with zero attached hydrogens (tertiary/aromatic N) is 2. The Morgan fingerprint density at radius 3 is 2.52 bits per heavy atom. The van der Waals surface area contributed by atoms with E-state index in [2.05, 4.69) is 41.8 Å². The summed E-state index contributed by atoms with van der Waals surface area (Å²) in [4.78, 5) is 8.79. The minimum atomic E-state index is -0.624. The van der Waals surface area contributed by atoms with Crippen molar-refractivity contribution in [3.05, 3.63) is 68.5 Å². The maximum absolute atomic E-state index is 13.3. The summed E-state index contributed by atoms with van der Waals surface area (Å²) in [5.74, 6) is -1.25. The van der Waals surface area contributed by atoms with Gasteiger partial charge in [-0.05, 0) is 68.1 Å². The number of hydrogen-bond acceptors (Lipinski definition) is 3. The van der Waals surface area contributed by atoms with Gasteiger partial charge in [-0.2, -0.15) is 0 Å². The molecule has 3 aromatic rings. The van der Waals surface area contributed by atoms with Crippen LogP contribution in [0.4, 0.5) is 8.78 Å². The van der Waals surface area contributed by atoms with E-state index in [4.69, 9.17) is 5.73 Å². The molecule has 0 fully saturated rings. The highest BCUT2D eigenvalue weighted by atomic mass is 79.9. The number of pyridine rings is 2. The molecule has 3 nitrogen and oxygen atoms in total. The maximum Gasteiger partial charge on any atom is 0.126 e. The lowest BCUT2D eigenvalue weighted by Gasteiger charge is -2.15. The second-order valence-electron chi connectivity index (χ2n) is 5.09. The number of aromatic nitrogens is 2. The molecule has 118 valence electrons. The van der Waals surface area contributed by atoms with Crippen molar-refractivity contribution in [3.63, 3.8) is 0 Å². The molecule has 0 saturated carbocycles. The second-order valence-corrected chi connectivity index (χ2v) is 6.63. The molecule has 1 atom stereocenters. The first kappa shape index (κ1) is 16.4. The summed E-state index contributed by atoms with van der Waals surface area (Å²) in [6.45, 7) is 0. The lowest BCUT2D eigenvalue weighted by molar-refractivity contribution is 0.575. The van der Waals surface area contributed by atoms with E-state index in [0.29, 0.717) is 20.3 Å². The molecule has 0 aliphatic heterocycles. The Morgan fingerprint density at radius 1 is 1.13 bits per heavy atom. The van der Waals surface area contributed by atoms with Gasteiger partial charge in [-0.25, -0.2) is 13.8 Å². The van der Waals surface area contributed by atoms with Gasteiger partial charge in [-0.15, -0.1) is 0 Å². The molecule has 0 aliphatic carbocycles. The maximum atomic E-state index is 13.3. The van der Waals surface area contributed by atoms with E-state index in [0.717, 1.165) is 17.0 Å². The third kappa shape index (κ3) is 3.41. The fourth-order valence-corrected chi connectivity index (χ4v) is 3.62. The van der Waals surface area contributed by atoms with Gasteiger partial charge in [-0.1, -0.05) is 0 Å². The lowest BCUT2D eigenvalue weighted by Crippen LogP contribution is -2.16. The van der Waals surface area contributed by atoms with E-state index in [1.54, 1.807) is 6.20 Å². The van der Waals surface area contributed by atoms with Crippen LogP contribution in [0.2, 0.25) is 0 Å². The van der Waals surface area contributed by atoms with Crippen LogP contribution in [0, 0.1) is 11.6 Å². The van der Waals surface area contributed by atoms with E-state index >= 15 is 0 Å². The first-order valence-electron chi connectivity index (χ1n) is 6.76. The Labute approximate surface area is 148 Å². The van der Waals surface area contributed by atoms with Crippen LogP contribution in [-0.4, -0.2) is 9.97 Å². The molecule has 3 rings (SSSR count). The van der Waals surface area contributed by atoms with Gasteiger partial charge < -0.3 is 5.73 Å². The summed E-state index contributed by atoms with van der Waals surface area (Å²) in [6, 6.07) is 6.54. The number of nitrogens with two attached hydrogens (primary N) is 1. The molecule has 0 amide bonds. The minimum Gasteiger partial charge on any atom is -0.322 e. The van der Waals surface area contributed by atoms with Gasteiger partial charge in [-0.3, -0.25) is 4.98 Å². The Bertz CT molecular complexity index is 866. The van der Waals surface area contributed by atoms with E-state index in [1.165, 1.54) is 12.1 Å². The first-order chi connectivity index (χ1) is 11.0. The standard InChI is InChI=1S/C16H11Br2F2N3/c17-13-14-11(2-1-3-22-14)16(18)23-15(13)12(21)6-8-4-9(19)7-10(20)5-8/h1-5,7,12H,6,21H2/t12-/m0/s1. The molecule has 0 saturated heterocycles. The molecule has 1 aromatic carbocycles. The van der Waals surface area contributed by atoms with Gasteiger partial charge in [0.25, 0.3) is 0 Å². The van der Waals surface area contributed by atoms with Crippen LogP contribution in [0.1, 0.15) is 17.3 Å². The molecule has 2 heterocycles. The predicted octanol–water partition coefficient (Wildman–Crippen LogP) is 4.68. The number of halogens is 4. The van der Waals surface area contributed by atoms with Crippen molar-refractivity contribution in [1.29, 1.82) is 0 Å². The molecule has 7 heteroatoms. The van der Waals surface area contributed by atoms with Gasteiger partial charge in [0.2, 0.25) is 0 Å². The average Bonchev–Trinajstić information content (AvgIpc) is 2.50. The topological polar surface area (TPSA) is 51.8 Å². The molecule has 2 N–H and O–H groups in total. The summed E-state index contributed by atoms with van der Waals surface area (Å²) in [5.41, 5.74) is 7.98. The second kappa shape index (κ2) is 6.59. The highest BCUT2D eigenvalue weighted by molar-refractivity contribution is 9.11. The van der Waals surface area contributed by atoms with E-state index in [-0.39, 0.29) is 6.42 Å². The van der Waals surface area contributed by atoms with Gasteiger partial charge in [0, 0.05) is 17.6 Å². The van der Waals surface area contributed by atoms with E-state index in [1.807, 2.05) is 12.1 Å². The van der Waals surface area contributed by atoms with Crippen LogP contribution in [0.3, 0.4) is 0 Å². The summed E-state index contributed by atoms with van der Waals surface area (Å²) in [7, 11) is 0. The van der Waals surface area contributed by atoms with Crippen molar-refractivity contribution < 1.29 is 8.78 Å². The first-order valence-corrected chi connectivity index (χ1v) is 8.34. The van der Waals surface area contributed by atoms with Crippen LogP contribution in [0.25, 0.3) is 10.9 Å². The fourth-order valence-electron chi connectivity index (χ4n) is 2.41. The summed E-state index contributed by atoms with van der Waals surface area (Å²) in [5, 5.41) is 0.854. The van der Waals surface area contributed by atoms with Crippen LogP contribution < -0.4 is 5.73 Å². The number of rotatable bonds is 3. The highest BCUT2D eigenvalue weighted by Crippen LogP contribution is 2.33. The molecular weight excluding hydrogens is 432 g/mol. The monoisotopic (exact) mass is 441 g/mol. The van der Waals surface area contributed by atoms with Crippen molar-refractivity contribution >= 4 is 42.8 Å². The Hall–Kier alpha value is -1.44. The zero-order valence-electron chi connectivity index (χ0n) is 11.7. The molecule has 0 aliphatic rings. The molecule has 0 spiro atoms. The van der Waals surface area contributed by atoms with Crippen LogP contribution >= 0.6 is 31.9 Å². The van der Waals surface area contributed by atoms with Gasteiger partial charge in [0.15, 0.2) is 0 Å². The molecule has 0 radical (unpaired) electrons. The van der Waals surface area contributed by atoms with Crippen LogP contribution in [-0.2, 0) is 6.42 Å². The van der Waals surface area contributed by atoms with Gasteiger partial charge in [0.1, 0.15) is 16.2 Å². The lowest BCUT2D eigenvalue weighted by atomic mass is 10.0. The number of hydrogen-bond donors (Lipinski definition) is 1. The van der Waals surface area contributed by atoms with Gasteiger partial charge >= 0.3 is 0 Å². The summed E-state index contributed by atoms with van der Waals surface area (Å²) >= 11 is 6.90. The zero-order valence-corrected chi connectivity index (χ0v) is 14.9. The smallest absolute Gasteiger partial charge is 0.126 e. The quantitative estimate of drug-likeness (QED) is 0.599. The van der Waals surface area contributed by atoms with E-state index in [9.17, 15) is 8.78 Å². The van der Waals surface area contributed by atoms with Crippen molar-refractivity contribution in [2.75, 3.05) is 0 Å². The molecule has 2 aromatic heterocycles. The molecule has 23 heavy (non-hydrogen) atoms. The third-order valence-electron chi connectivity index (χ3n) is 3.41. The highest BCUT2D eigenvalue weighted by Gasteiger charge is 2.18. The average molecular weight is 443 g/mol. The Kier molecular flexibility index (Phi) is 4.70. The molecule has 0 unspecified atom stereocenters. The van der Waals surface area contributed by atoms with Crippen LogP contribution in [0.15, 0.2) is 45.6 Å². The van der Waals surface area contributed by atoms with Gasteiger partial charge in [0.05, 0.1) is 21.7 Å². The fraction of sp³-hybridized carbons (Fsp3) is 0.125. The van der Waals surface area contributed by atoms with Crippen molar-refractivity contribution in [3.8, 4) is 0 Å². The summed E-state index contributed by atoms with van der Waals surface area (Å²) < 4.78 is 27.9. The Morgan fingerprint density at radius 2 is 1.83 bits per heavy atom. The van der Waals surface area contributed by atoms with Crippen LogP contribution in [0.5, 0.6) is 0 Å². The van der Waals surface area contributed by atoms with E-state index < -0.39 is 17.7 Å². The normalized spacial score (nSPS) is 12.6. The van der Waals surface area contributed by atoms with Crippen molar-refractivity contribution in [1.82, 2.24) is 9.97 Å². The van der Waals surface area contributed by atoms with Crippen molar-refractivity contribution in [2.24, 2.45) is 5.73 Å². The largest absolute Gasteiger partial charge is 0.322 e. The predicted molar refractivity (Wildman–Crippen MR) is 91.9 cm³/mol. The molecule has 0 bridgehead atoms. The number of fused-ring (bicyclic) bond motifs is 1. The molecular formula is C16H11Br2F2N3. The van der Waals surface area contributed by atoms with Crippen molar-refractivity contribution in [2.45, 2.75) is 12.5 Å².